The molecule has 1 saturated heterocycles. The Kier molecular flexibility index (Phi) is 5.61. The van der Waals surface area contributed by atoms with Crippen molar-refractivity contribution in [2.45, 2.75) is 25.3 Å². The quantitative estimate of drug-likeness (QED) is 0.659. The summed E-state index contributed by atoms with van der Waals surface area (Å²) in [4.78, 5) is 63.3. The van der Waals surface area contributed by atoms with Gasteiger partial charge in [-0.1, -0.05) is 12.1 Å². The Morgan fingerprint density at radius 2 is 1.65 bits per heavy atom. The fourth-order valence-electron chi connectivity index (χ4n) is 3.81. The van der Waals surface area contributed by atoms with Gasteiger partial charge in [-0.05, 0) is 31.0 Å². The summed E-state index contributed by atoms with van der Waals surface area (Å²) in [6, 6.07) is 9.15. The number of likely N-dealkylation sites (tertiary alicyclic amines) is 1. The summed E-state index contributed by atoms with van der Waals surface area (Å²) in [6.07, 6.45) is 1.17. The van der Waals surface area contributed by atoms with Gasteiger partial charge in [0, 0.05) is 38.2 Å². The van der Waals surface area contributed by atoms with Crippen molar-refractivity contribution in [3.63, 3.8) is 0 Å². The minimum absolute atomic E-state index is 0.0198. The number of hydrogen-bond donors (Lipinski definition) is 2. The molecule has 3 heterocycles. The first kappa shape index (κ1) is 20.5. The predicted octanol–water partition coefficient (Wildman–Crippen LogP) is 0.177. The summed E-state index contributed by atoms with van der Waals surface area (Å²) in [5, 5.41) is 8.91. The summed E-state index contributed by atoms with van der Waals surface area (Å²) in [6.45, 7) is 0.916. The zero-order chi connectivity index (χ0) is 22.0. The van der Waals surface area contributed by atoms with Crippen LogP contribution in [-0.2, 0) is 4.79 Å². The van der Waals surface area contributed by atoms with Gasteiger partial charge in [-0.15, -0.1) is 0 Å². The van der Waals surface area contributed by atoms with Crippen LogP contribution >= 0.6 is 0 Å². The highest BCUT2D eigenvalue weighted by Gasteiger charge is 2.35. The summed E-state index contributed by atoms with van der Waals surface area (Å²) in [5.74, 6) is -1.28. The van der Waals surface area contributed by atoms with E-state index in [2.05, 4.69) is 15.5 Å². The van der Waals surface area contributed by atoms with Crippen LogP contribution in [-0.4, -0.2) is 69.3 Å². The minimum Gasteiger partial charge on any atom is -0.353 e. The van der Waals surface area contributed by atoms with Crippen molar-refractivity contribution in [2.24, 2.45) is 0 Å². The second kappa shape index (κ2) is 8.50. The van der Waals surface area contributed by atoms with Crippen LogP contribution in [0.3, 0.4) is 0 Å². The Morgan fingerprint density at radius 1 is 1.00 bits per heavy atom. The van der Waals surface area contributed by atoms with E-state index >= 15 is 0 Å². The van der Waals surface area contributed by atoms with Gasteiger partial charge in [-0.2, -0.15) is 5.10 Å². The highest BCUT2D eigenvalue weighted by Crippen LogP contribution is 2.22. The second-order valence-corrected chi connectivity index (χ2v) is 7.50. The molecule has 0 bridgehead atoms. The number of aromatic amines is 1. The van der Waals surface area contributed by atoms with Crippen molar-refractivity contribution >= 4 is 23.6 Å². The van der Waals surface area contributed by atoms with Gasteiger partial charge in [-0.3, -0.25) is 28.9 Å². The minimum atomic E-state index is -0.379. The van der Waals surface area contributed by atoms with Gasteiger partial charge in [-0.25, -0.2) is 5.10 Å². The standard InChI is InChI=1S/C21H21N5O5/c27-17(9-12-26-19(29)14-3-1-2-4-15(14)20(26)30)22-13-7-10-25(11-8-13)21(31)16-5-6-18(28)24-23-16/h1-6,13H,7-12H2,(H,22,27)(H,24,28). The van der Waals surface area contributed by atoms with Crippen LogP contribution in [0.2, 0.25) is 0 Å². The number of benzene rings is 1. The third-order valence-electron chi connectivity index (χ3n) is 5.49. The van der Waals surface area contributed by atoms with E-state index in [0.29, 0.717) is 37.1 Å². The molecular formula is C21H21N5O5. The van der Waals surface area contributed by atoms with Crippen molar-refractivity contribution < 1.29 is 19.2 Å². The highest BCUT2D eigenvalue weighted by molar-refractivity contribution is 6.21. The van der Waals surface area contributed by atoms with Crippen molar-refractivity contribution in [2.75, 3.05) is 19.6 Å². The lowest BCUT2D eigenvalue weighted by atomic mass is 10.0. The summed E-state index contributed by atoms with van der Waals surface area (Å²) >= 11 is 0. The average molecular weight is 423 g/mol. The lowest BCUT2D eigenvalue weighted by molar-refractivity contribution is -0.122. The van der Waals surface area contributed by atoms with Crippen molar-refractivity contribution in [3.8, 4) is 0 Å². The molecule has 2 aliphatic rings. The number of hydrogen-bond acceptors (Lipinski definition) is 6. The number of H-pyrrole nitrogens is 1. The van der Waals surface area contributed by atoms with Crippen LogP contribution in [0.1, 0.15) is 50.5 Å². The first-order valence-corrected chi connectivity index (χ1v) is 10.0. The third kappa shape index (κ3) is 4.23. The smallest absolute Gasteiger partial charge is 0.274 e. The molecule has 1 aromatic heterocycles. The molecule has 4 amide bonds. The Bertz CT molecular complexity index is 1050. The number of nitrogens with zero attached hydrogens (tertiary/aromatic N) is 3. The number of fused-ring (bicyclic) bond motifs is 1. The maximum atomic E-state index is 12.4. The Morgan fingerprint density at radius 3 is 2.23 bits per heavy atom. The van der Waals surface area contributed by atoms with Gasteiger partial charge in [0.1, 0.15) is 5.69 Å². The molecule has 10 nitrogen and oxygen atoms in total. The van der Waals surface area contributed by atoms with Crippen LogP contribution in [0.4, 0.5) is 0 Å². The van der Waals surface area contributed by atoms with Crippen LogP contribution in [0.25, 0.3) is 0 Å². The molecule has 0 saturated carbocycles. The van der Waals surface area contributed by atoms with Crippen LogP contribution in [0, 0.1) is 0 Å². The van der Waals surface area contributed by atoms with Gasteiger partial charge in [0.05, 0.1) is 11.1 Å². The molecule has 0 aliphatic carbocycles. The van der Waals surface area contributed by atoms with Gasteiger partial charge in [0.25, 0.3) is 23.3 Å². The zero-order valence-electron chi connectivity index (χ0n) is 16.7. The lowest BCUT2D eigenvalue weighted by Gasteiger charge is -2.32. The molecule has 2 aromatic rings. The summed E-state index contributed by atoms with van der Waals surface area (Å²) in [7, 11) is 0. The van der Waals surface area contributed by atoms with Crippen molar-refractivity contribution in [1.82, 2.24) is 25.3 Å². The average Bonchev–Trinajstić information content (AvgIpc) is 3.03. The van der Waals surface area contributed by atoms with Crippen LogP contribution < -0.4 is 10.9 Å². The van der Waals surface area contributed by atoms with E-state index in [1.54, 1.807) is 29.2 Å². The fraction of sp³-hybridized carbons (Fsp3) is 0.333. The van der Waals surface area contributed by atoms with E-state index in [9.17, 15) is 24.0 Å². The maximum absolute atomic E-state index is 12.4. The molecule has 4 rings (SSSR count). The lowest BCUT2D eigenvalue weighted by Crippen LogP contribution is -2.47. The molecule has 31 heavy (non-hydrogen) atoms. The number of piperidine rings is 1. The predicted molar refractivity (Wildman–Crippen MR) is 108 cm³/mol. The highest BCUT2D eigenvalue weighted by atomic mass is 16.2. The zero-order valence-corrected chi connectivity index (χ0v) is 16.7. The number of imide groups is 1. The number of nitrogens with one attached hydrogen (secondary N) is 2. The molecule has 0 radical (unpaired) electrons. The Labute approximate surface area is 177 Å². The molecule has 0 spiro atoms. The first-order valence-electron chi connectivity index (χ1n) is 10.0. The Hall–Kier alpha value is -3.82. The molecule has 0 unspecified atom stereocenters. The SMILES string of the molecule is O=C(CCN1C(=O)c2ccccc2C1=O)NC1CCN(C(=O)c2ccc(=O)[nH]n2)CC1. The molecule has 160 valence electrons. The van der Waals surface area contributed by atoms with E-state index in [-0.39, 0.29) is 53.9 Å². The monoisotopic (exact) mass is 423 g/mol. The van der Waals surface area contributed by atoms with Crippen LogP contribution in [0.15, 0.2) is 41.2 Å². The topological polar surface area (TPSA) is 133 Å². The maximum Gasteiger partial charge on any atom is 0.274 e. The van der Waals surface area contributed by atoms with E-state index in [0.717, 1.165) is 4.90 Å². The van der Waals surface area contributed by atoms with E-state index < -0.39 is 0 Å². The van der Waals surface area contributed by atoms with Gasteiger partial charge < -0.3 is 10.2 Å². The van der Waals surface area contributed by atoms with Crippen molar-refractivity contribution in [1.29, 1.82) is 0 Å². The van der Waals surface area contributed by atoms with E-state index in [4.69, 9.17) is 0 Å². The molecule has 10 heteroatoms. The number of carbonyl (C=O) groups excluding carboxylic acids is 4. The molecule has 2 aliphatic heterocycles. The van der Waals surface area contributed by atoms with Gasteiger partial charge in [0.2, 0.25) is 5.91 Å². The number of rotatable bonds is 5. The fourth-order valence-corrected chi connectivity index (χ4v) is 3.81. The van der Waals surface area contributed by atoms with Crippen LogP contribution in [0.5, 0.6) is 0 Å². The molecule has 0 atom stereocenters. The molecule has 1 aromatic carbocycles. The number of aromatic nitrogens is 2. The molecular weight excluding hydrogens is 402 g/mol. The normalized spacial score (nSPS) is 16.4. The molecule has 1 fully saturated rings. The van der Waals surface area contributed by atoms with E-state index in [1.165, 1.54) is 12.1 Å². The first-order chi connectivity index (χ1) is 14.9. The Balaban J connectivity index is 1.24. The molecule has 2 N–H and O–H groups in total. The second-order valence-electron chi connectivity index (χ2n) is 7.50. The van der Waals surface area contributed by atoms with Crippen molar-refractivity contribution in [3.05, 3.63) is 63.6 Å². The van der Waals surface area contributed by atoms with E-state index in [1.807, 2.05) is 0 Å². The number of amides is 4. The summed E-state index contributed by atoms with van der Waals surface area (Å²) < 4.78 is 0. The largest absolute Gasteiger partial charge is 0.353 e. The van der Waals surface area contributed by atoms with Gasteiger partial charge >= 0.3 is 0 Å². The van der Waals surface area contributed by atoms with Gasteiger partial charge in [0.15, 0.2) is 0 Å². The third-order valence-corrected chi connectivity index (χ3v) is 5.49. The summed E-state index contributed by atoms with van der Waals surface area (Å²) in [5.41, 5.74) is 0.520. The number of carbonyl (C=O) groups is 4.